The van der Waals surface area contributed by atoms with E-state index in [1.807, 2.05) is 41.0 Å². The number of amides is 3. The van der Waals surface area contributed by atoms with Crippen LogP contribution in [0, 0.1) is 12.8 Å². The van der Waals surface area contributed by atoms with Crippen molar-refractivity contribution in [3.8, 4) is 5.75 Å². The summed E-state index contributed by atoms with van der Waals surface area (Å²) in [7, 11) is 1.60. The van der Waals surface area contributed by atoms with E-state index >= 15 is 0 Å². The Morgan fingerprint density at radius 2 is 2.03 bits per heavy atom. The zero-order valence-corrected chi connectivity index (χ0v) is 18.1. The molecule has 1 spiro atoms. The Morgan fingerprint density at radius 3 is 2.74 bits per heavy atom. The number of rotatable bonds is 4. The van der Waals surface area contributed by atoms with Crippen LogP contribution < -0.4 is 15.0 Å². The van der Waals surface area contributed by atoms with E-state index in [9.17, 15) is 9.59 Å². The van der Waals surface area contributed by atoms with E-state index in [1.165, 1.54) is 12.8 Å². The summed E-state index contributed by atoms with van der Waals surface area (Å²) in [5.41, 5.74) is 1.30. The molecule has 2 aliphatic heterocycles. The van der Waals surface area contributed by atoms with Crippen molar-refractivity contribution in [1.82, 2.24) is 14.7 Å². The molecule has 1 aliphatic carbocycles. The van der Waals surface area contributed by atoms with Gasteiger partial charge in [-0.1, -0.05) is 6.07 Å². The number of fused-ring (bicyclic) bond motifs is 2. The number of nitrogens with zero attached hydrogens (tertiary/aromatic N) is 4. The zero-order chi connectivity index (χ0) is 21.6. The van der Waals surface area contributed by atoms with Gasteiger partial charge in [-0.05, 0) is 50.7 Å². The number of likely N-dealkylation sites (tertiary alicyclic amines) is 1. The average Bonchev–Trinajstić information content (AvgIpc) is 3.50. The maximum Gasteiger partial charge on any atom is 0.321 e. The lowest BCUT2D eigenvalue weighted by Gasteiger charge is -2.46. The molecule has 31 heavy (non-hydrogen) atoms. The van der Waals surface area contributed by atoms with Crippen LogP contribution in [-0.4, -0.2) is 53.4 Å². The summed E-state index contributed by atoms with van der Waals surface area (Å²) in [6, 6.07) is 9.24. The van der Waals surface area contributed by atoms with E-state index in [-0.39, 0.29) is 17.5 Å². The summed E-state index contributed by atoms with van der Waals surface area (Å²) in [5, 5.41) is 7.74. The van der Waals surface area contributed by atoms with Crippen molar-refractivity contribution in [2.45, 2.75) is 44.6 Å². The average molecular weight is 424 g/mol. The standard InChI is InChI=1S/C23H29N5O3/c1-16-12-20-27(15-17-6-7-17)21(29)14-23(28(20)25-16)8-10-26(11-9-23)22(30)24-18-4-3-5-19(13-18)31-2/h3-5,12-13,17H,6-11,14-15H2,1-2H3,(H,24,30). The maximum atomic E-state index is 13.1. The molecule has 1 aromatic heterocycles. The van der Waals surface area contributed by atoms with Crippen LogP contribution in [0.1, 0.15) is 37.8 Å². The fourth-order valence-electron chi connectivity index (χ4n) is 4.78. The molecular weight excluding hydrogens is 394 g/mol. The molecule has 2 fully saturated rings. The van der Waals surface area contributed by atoms with Gasteiger partial charge in [0, 0.05) is 37.5 Å². The lowest BCUT2D eigenvalue weighted by molar-refractivity contribution is -0.122. The molecule has 0 bridgehead atoms. The number of benzene rings is 1. The number of hydrogen-bond donors (Lipinski definition) is 1. The second-order valence-electron chi connectivity index (χ2n) is 9.05. The number of aromatic nitrogens is 2. The molecule has 3 heterocycles. The van der Waals surface area contributed by atoms with Crippen molar-refractivity contribution in [3.63, 3.8) is 0 Å². The molecule has 164 valence electrons. The largest absolute Gasteiger partial charge is 0.497 e. The van der Waals surface area contributed by atoms with Crippen LogP contribution in [0.2, 0.25) is 0 Å². The molecule has 3 aliphatic rings. The quantitative estimate of drug-likeness (QED) is 0.818. The fraction of sp³-hybridized carbons (Fsp3) is 0.522. The van der Waals surface area contributed by atoms with E-state index < -0.39 is 0 Å². The Bertz CT molecular complexity index is 1000. The van der Waals surface area contributed by atoms with Gasteiger partial charge in [0.25, 0.3) is 0 Å². The van der Waals surface area contributed by atoms with Crippen molar-refractivity contribution in [2.24, 2.45) is 5.92 Å². The van der Waals surface area contributed by atoms with Gasteiger partial charge in [-0.25, -0.2) is 9.48 Å². The summed E-state index contributed by atoms with van der Waals surface area (Å²) < 4.78 is 7.32. The van der Waals surface area contributed by atoms with Crippen LogP contribution in [0.15, 0.2) is 30.3 Å². The number of urea groups is 1. The Hall–Kier alpha value is -3.03. The topological polar surface area (TPSA) is 79.7 Å². The van der Waals surface area contributed by atoms with Crippen molar-refractivity contribution >= 4 is 23.4 Å². The third-order valence-electron chi connectivity index (χ3n) is 6.76. The van der Waals surface area contributed by atoms with Gasteiger partial charge in [-0.3, -0.25) is 9.69 Å². The predicted molar refractivity (Wildman–Crippen MR) is 117 cm³/mol. The third kappa shape index (κ3) is 3.75. The molecule has 8 heteroatoms. The maximum absolute atomic E-state index is 13.1. The van der Waals surface area contributed by atoms with Crippen LogP contribution in [0.5, 0.6) is 5.75 Å². The van der Waals surface area contributed by atoms with Crippen LogP contribution >= 0.6 is 0 Å². The molecule has 3 amide bonds. The van der Waals surface area contributed by atoms with Gasteiger partial charge >= 0.3 is 6.03 Å². The number of hydrogen-bond acceptors (Lipinski definition) is 4. The van der Waals surface area contributed by atoms with Gasteiger partial charge in [0.2, 0.25) is 5.91 Å². The third-order valence-corrected chi connectivity index (χ3v) is 6.76. The van der Waals surface area contributed by atoms with Crippen molar-refractivity contribution < 1.29 is 14.3 Å². The second kappa shape index (κ2) is 7.59. The lowest BCUT2D eigenvalue weighted by Crippen LogP contribution is -2.55. The monoisotopic (exact) mass is 423 g/mol. The molecule has 1 aromatic carbocycles. The highest BCUT2D eigenvalue weighted by molar-refractivity contribution is 5.95. The van der Waals surface area contributed by atoms with Crippen molar-refractivity contribution in [3.05, 3.63) is 36.0 Å². The molecule has 1 saturated carbocycles. The summed E-state index contributed by atoms with van der Waals surface area (Å²) in [6.45, 7) is 3.96. The Balaban J connectivity index is 1.30. The van der Waals surface area contributed by atoms with Crippen LogP contribution in [-0.2, 0) is 10.3 Å². The van der Waals surface area contributed by atoms with Gasteiger partial charge < -0.3 is 15.0 Å². The van der Waals surface area contributed by atoms with E-state index in [2.05, 4.69) is 10.00 Å². The van der Waals surface area contributed by atoms with Crippen LogP contribution in [0.25, 0.3) is 0 Å². The fourth-order valence-corrected chi connectivity index (χ4v) is 4.78. The molecule has 0 radical (unpaired) electrons. The first-order chi connectivity index (χ1) is 15.0. The molecule has 5 rings (SSSR count). The number of carbonyl (C=O) groups excluding carboxylic acids is 2. The highest BCUT2D eigenvalue weighted by Gasteiger charge is 2.47. The summed E-state index contributed by atoms with van der Waals surface area (Å²) in [6.07, 6.45) is 4.31. The molecule has 0 unspecified atom stereocenters. The minimum atomic E-state index is -0.340. The first-order valence-electron chi connectivity index (χ1n) is 11.0. The van der Waals surface area contributed by atoms with Gasteiger partial charge in [0.1, 0.15) is 11.6 Å². The first-order valence-corrected chi connectivity index (χ1v) is 11.0. The van der Waals surface area contributed by atoms with Gasteiger partial charge in [0.15, 0.2) is 0 Å². The van der Waals surface area contributed by atoms with Gasteiger partial charge in [0.05, 0.1) is 24.8 Å². The van der Waals surface area contributed by atoms with Gasteiger partial charge in [-0.2, -0.15) is 5.10 Å². The van der Waals surface area contributed by atoms with E-state index in [4.69, 9.17) is 9.84 Å². The Morgan fingerprint density at radius 1 is 1.26 bits per heavy atom. The van der Waals surface area contributed by atoms with E-state index in [1.54, 1.807) is 13.2 Å². The van der Waals surface area contributed by atoms with Crippen molar-refractivity contribution in [1.29, 1.82) is 0 Å². The number of nitrogens with one attached hydrogen (secondary N) is 1. The summed E-state index contributed by atoms with van der Waals surface area (Å²) in [5.74, 6) is 2.45. The number of aryl methyl sites for hydroxylation is 1. The zero-order valence-electron chi connectivity index (χ0n) is 18.1. The normalized spacial score (nSPS) is 20.0. The number of anilines is 2. The number of carbonyl (C=O) groups is 2. The molecular formula is C23H29N5O3. The van der Waals surface area contributed by atoms with E-state index in [0.29, 0.717) is 36.9 Å². The van der Waals surface area contributed by atoms with Gasteiger partial charge in [-0.15, -0.1) is 0 Å². The minimum absolute atomic E-state index is 0.127. The molecule has 2 aromatic rings. The van der Waals surface area contributed by atoms with Crippen LogP contribution in [0.3, 0.4) is 0 Å². The Kier molecular flexibility index (Phi) is 4.87. The number of ether oxygens (including phenoxy) is 1. The van der Waals surface area contributed by atoms with E-state index in [0.717, 1.165) is 30.9 Å². The summed E-state index contributed by atoms with van der Waals surface area (Å²) in [4.78, 5) is 29.7. The summed E-state index contributed by atoms with van der Waals surface area (Å²) >= 11 is 0. The number of methoxy groups -OCH3 is 1. The second-order valence-corrected chi connectivity index (χ2v) is 9.05. The van der Waals surface area contributed by atoms with Crippen molar-refractivity contribution in [2.75, 3.05) is 37.0 Å². The number of piperidine rings is 1. The predicted octanol–water partition coefficient (Wildman–Crippen LogP) is 3.37. The molecule has 8 nitrogen and oxygen atoms in total. The highest BCUT2D eigenvalue weighted by atomic mass is 16.5. The molecule has 0 atom stereocenters. The lowest BCUT2D eigenvalue weighted by atomic mass is 9.82. The first kappa shape index (κ1) is 19.9. The molecule has 1 N–H and O–H groups in total. The minimum Gasteiger partial charge on any atom is -0.497 e. The Labute approximate surface area is 182 Å². The highest BCUT2D eigenvalue weighted by Crippen LogP contribution is 2.43. The van der Waals surface area contributed by atoms with Crippen LogP contribution in [0.4, 0.5) is 16.3 Å². The SMILES string of the molecule is COc1cccc(NC(=O)N2CCC3(CC2)CC(=O)N(CC2CC2)c2cc(C)nn23)c1. The smallest absolute Gasteiger partial charge is 0.321 e. The molecule has 1 saturated heterocycles.